The molecule has 4 nitrogen and oxygen atoms in total. The maximum atomic E-state index is 13.1. The Hall–Kier alpha value is -0.830. The van der Waals surface area contributed by atoms with Crippen LogP contribution in [0, 0.1) is 5.82 Å². The minimum atomic E-state index is -4.39. The molecule has 0 aromatic heterocycles. The number of nitrogens with zero attached hydrogens (tertiary/aromatic N) is 1. The highest BCUT2D eigenvalue weighted by atomic mass is 35.5. The molecule has 0 heterocycles. The number of sulfonamides is 1. The molecule has 1 N–H and O–H groups in total. The molecule has 0 spiro atoms. The predicted molar refractivity (Wildman–Crippen MR) is 63.3 cm³/mol. The first kappa shape index (κ1) is 16.2. The average Bonchev–Trinajstić information content (AvgIpc) is 2.31. The van der Waals surface area contributed by atoms with E-state index in [2.05, 4.69) is 0 Å². The molecule has 0 atom stereocenters. The number of alkyl halides is 2. The summed E-state index contributed by atoms with van der Waals surface area (Å²) >= 11 is 5.64. The van der Waals surface area contributed by atoms with Crippen LogP contribution in [0.25, 0.3) is 0 Å². The molecular weight excluding hydrogens is 307 g/mol. The van der Waals surface area contributed by atoms with E-state index in [1.165, 1.54) is 0 Å². The molecule has 0 aliphatic carbocycles. The summed E-state index contributed by atoms with van der Waals surface area (Å²) in [6.07, 6.45) is -2.92. The number of aliphatic hydroxyl groups excluding tert-OH is 1. The fourth-order valence-corrected chi connectivity index (χ4v) is 3.28. The van der Waals surface area contributed by atoms with Crippen molar-refractivity contribution in [3.8, 4) is 0 Å². The zero-order chi connectivity index (χ0) is 14.6. The molecule has 0 unspecified atom stereocenters. The van der Waals surface area contributed by atoms with Gasteiger partial charge in [-0.1, -0.05) is 11.6 Å². The summed E-state index contributed by atoms with van der Waals surface area (Å²) in [5.74, 6) is -0.857. The number of rotatable bonds is 6. The predicted octanol–water partition coefficient (Wildman–Crippen LogP) is 1.73. The molecule has 1 aromatic carbocycles. The van der Waals surface area contributed by atoms with Gasteiger partial charge in [0.05, 0.1) is 18.2 Å². The van der Waals surface area contributed by atoms with Crippen molar-refractivity contribution >= 4 is 21.6 Å². The summed E-state index contributed by atoms with van der Waals surface area (Å²) in [5, 5.41) is 8.45. The van der Waals surface area contributed by atoms with Crippen molar-refractivity contribution in [1.82, 2.24) is 4.31 Å². The molecule has 1 aromatic rings. The third-order valence-corrected chi connectivity index (χ3v) is 4.55. The lowest BCUT2D eigenvalue weighted by atomic mass is 10.3. The molecule has 0 radical (unpaired) electrons. The van der Waals surface area contributed by atoms with Crippen molar-refractivity contribution < 1.29 is 26.7 Å². The zero-order valence-corrected chi connectivity index (χ0v) is 11.1. The average molecular weight is 318 g/mol. The van der Waals surface area contributed by atoms with Crippen molar-refractivity contribution in [2.75, 3.05) is 19.7 Å². The van der Waals surface area contributed by atoms with Gasteiger partial charge in [0.2, 0.25) is 10.0 Å². The second kappa shape index (κ2) is 6.56. The normalized spacial score (nSPS) is 12.4. The van der Waals surface area contributed by atoms with Crippen LogP contribution in [0.4, 0.5) is 13.2 Å². The Morgan fingerprint density at radius 1 is 1.37 bits per heavy atom. The number of benzene rings is 1. The molecule has 108 valence electrons. The lowest BCUT2D eigenvalue weighted by Gasteiger charge is -2.21. The Balaban J connectivity index is 3.22. The third-order valence-electron chi connectivity index (χ3n) is 2.20. The first-order valence-electron chi connectivity index (χ1n) is 5.13. The van der Waals surface area contributed by atoms with E-state index in [1.54, 1.807) is 0 Å². The van der Waals surface area contributed by atoms with Crippen molar-refractivity contribution in [2.24, 2.45) is 0 Å². The van der Waals surface area contributed by atoms with E-state index in [9.17, 15) is 21.6 Å². The van der Waals surface area contributed by atoms with Crippen molar-refractivity contribution in [3.05, 3.63) is 29.0 Å². The van der Waals surface area contributed by atoms with E-state index < -0.39 is 46.9 Å². The van der Waals surface area contributed by atoms with Gasteiger partial charge >= 0.3 is 0 Å². The maximum Gasteiger partial charge on any atom is 0.252 e. The molecule has 0 saturated heterocycles. The van der Waals surface area contributed by atoms with Gasteiger partial charge in [0.15, 0.2) is 0 Å². The van der Waals surface area contributed by atoms with Gasteiger partial charge in [-0.15, -0.1) is 0 Å². The number of hydrogen-bond donors (Lipinski definition) is 1. The van der Waals surface area contributed by atoms with Gasteiger partial charge in [0.1, 0.15) is 10.7 Å². The molecule has 9 heteroatoms. The third kappa shape index (κ3) is 4.07. The first-order valence-corrected chi connectivity index (χ1v) is 6.95. The van der Waals surface area contributed by atoms with Gasteiger partial charge in [-0.25, -0.2) is 21.6 Å². The summed E-state index contributed by atoms with van der Waals surface area (Å²) in [6.45, 7) is -2.27. The van der Waals surface area contributed by atoms with Crippen LogP contribution < -0.4 is 0 Å². The topological polar surface area (TPSA) is 57.6 Å². The SMILES string of the molecule is O=S(=O)(c1cc(F)ccc1Cl)N(CCO)CC(F)F. The molecule has 0 bridgehead atoms. The quantitative estimate of drug-likeness (QED) is 0.869. The number of halogens is 4. The van der Waals surface area contributed by atoms with Gasteiger partial charge in [0.25, 0.3) is 6.43 Å². The van der Waals surface area contributed by atoms with Gasteiger partial charge in [-0.2, -0.15) is 4.31 Å². The molecule has 0 aliphatic heterocycles. The summed E-state index contributed by atoms with van der Waals surface area (Å²) in [5.41, 5.74) is 0. The fourth-order valence-electron chi connectivity index (χ4n) is 1.39. The lowest BCUT2D eigenvalue weighted by molar-refractivity contribution is 0.113. The second-order valence-electron chi connectivity index (χ2n) is 3.55. The van der Waals surface area contributed by atoms with Crippen LogP contribution in [0.2, 0.25) is 5.02 Å². The van der Waals surface area contributed by atoms with Gasteiger partial charge in [0, 0.05) is 6.54 Å². The van der Waals surface area contributed by atoms with Gasteiger partial charge in [-0.05, 0) is 18.2 Å². The van der Waals surface area contributed by atoms with Crippen molar-refractivity contribution in [3.63, 3.8) is 0 Å². The summed E-state index contributed by atoms with van der Waals surface area (Å²) in [4.78, 5) is -0.608. The minimum absolute atomic E-state index is 0.279. The number of hydrogen-bond acceptors (Lipinski definition) is 3. The zero-order valence-electron chi connectivity index (χ0n) is 9.56. The maximum absolute atomic E-state index is 13.1. The van der Waals surface area contributed by atoms with E-state index >= 15 is 0 Å². The molecule has 0 saturated carbocycles. The van der Waals surface area contributed by atoms with Crippen LogP contribution in [-0.2, 0) is 10.0 Å². The Morgan fingerprint density at radius 3 is 2.53 bits per heavy atom. The summed E-state index contributed by atoms with van der Waals surface area (Å²) in [7, 11) is -4.39. The molecule has 1 rings (SSSR count). The standard InChI is InChI=1S/C10H11ClF3NO3S/c11-8-2-1-7(12)5-9(8)19(17,18)15(3-4-16)6-10(13)14/h1-2,5,10,16H,3-4,6H2. The minimum Gasteiger partial charge on any atom is -0.395 e. The first-order chi connectivity index (χ1) is 8.78. The van der Waals surface area contributed by atoms with E-state index in [0.717, 1.165) is 12.1 Å². The molecule has 0 fully saturated rings. The van der Waals surface area contributed by atoms with Crippen LogP contribution in [0.5, 0.6) is 0 Å². The van der Waals surface area contributed by atoms with Crippen molar-refractivity contribution in [2.45, 2.75) is 11.3 Å². The van der Waals surface area contributed by atoms with Gasteiger partial charge < -0.3 is 5.11 Å². The number of aliphatic hydroxyl groups is 1. The highest BCUT2D eigenvalue weighted by Gasteiger charge is 2.29. The fraction of sp³-hybridized carbons (Fsp3) is 0.400. The second-order valence-corrected chi connectivity index (χ2v) is 5.87. The Bertz CT molecular complexity index is 539. The highest BCUT2D eigenvalue weighted by Crippen LogP contribution is 2.25. The molecule has 0 aliphatic rings. The Morgan fingerprint density at radius 2 is 2.00 bits per heavy atom. The Labute approximate surface area is 113 Å². The molecule has 0 amide bonds. The summed E-state index contributed by atoms with van der Waals surface area (Å²) < 4.78 is 62.2. The summed E-state index contributed by atoms with van der Waals surface area (Å²) in [6, 6.07) is 2.61. The van der Waals surface area contributed by atoms with Gasteiger partial charge in [-0.3, -0.25) is 0 Å². The van der Waals surface area contributed by atoms with E-state index in [0.29, 0.717) is 10.4 Å². The molecule has 19 heavy (non-hydrogen) atoms. The van der Waals surface area contributed by atoms with E-state index in [4.69, 9.17) is 16.7 Å². The van der Waals surface area contributed by atoms with Crippen LogP contribution in [0.15, 0.2) is 23.1 Å². The highest BCUT2D eigenvalue weighted by molar-refractivity contribution is 7.89. The lowest BCUT2D eigenvalue weighted by Crippen LogP contribution is -2.37. The van der Waals surface area contributed by atoms with Crippen LogP contribution in [-0.4, -0.2) is 44.0 Å². The van der Waals surface area contributed by atoms with E-state index in [1.807, 2.05) is 0 Å². The van der Waals surface area contributed by atoms with Crippen molar-refractivity contribution in [1.29, 1.82) is 0 Å². The smallest absolute Gasteiger partial charge is 0.252 e. The largest absolute Gasteiger partial charge is 0.395 e. The van der Waals surface area contributed by atoms with Crippen LogP contribution in [0.3, 0.4) is 0 Å². The Kier molecular flexibility index (Phi) is 5.60. The molecular formula is C10H11ClF3NO3S. The van der Waals surface area contributed by atoms with E-state index in [-0.39, 0.29) is 5.02 Å². The van der Waals surface area contributed by atoms with Crippen LogP contribution >= 0.6 is 11.6 Å². The van der Waals surface area contributed by atoms with Crippen LogP contribution in [0.1, 0.15) is 0 Å². The monoisotopic (exact) mass is 317 g/mol.